The summed E-state index contributed by atoms with van der Waals surface area (Å²) in [7, 11) is 0. The highest BCUT2D eigenvalue weighted by Crippen LogP contribution is 2.29. The van der Waals surface area contributed by atoms with Crippen LogP contribution in [-0.4, -0.2) is 11.7 Å². The molecule has 68 valence electrons. The van der Waals surface area contributed by atoms with E-state index in [1.807, 2.05) is 13.8 Å². The Bertz CT molecular complexity index is 406. The van der Waals surface area contributed by atoms with Crippen molar-refractivity contribution >= 4 is 23.1 Å². The van der Waals surface area contributed by atoms with Crippen LogP contribution in [0, 0.1) is 19.3 Å². The number of fused-ring (bicyclic) bond motifs is 1. The lowest BCUT2D eigenvalue weighted by atomic mass is 10.0. The third-order valence-electron chi connectivity index (χ3n) is 2.29. The Morgan fingerprint density at radius 1 is 1.46 bits per heavy atom. The molecular weight excluding hydrogens is 184 g/mol. The molecule has 3 nitrogen and oxygen atoms in total. The largest absolute Gasteiger partial charge is 0.310 e. The van der Waals surface area contributed by atoms with E-state index >= 15 is 0 Å². The fourth-order valence-corrected chi connectivity index (χ4v) is 2.73. The van der Waals surface area contributed by atoms with Crippen molar-refractivity contribution in [2.45, 2.75) is 20.3 Å². The second-order valence-electron chi connectivity index (χ2n) is 3.18. The van der Waals surface area contributed by atoms with Crippen molar-refractivity contribution < 1.29 is 4.79 Å². The van der Waals surface area contributed by atoms with E-state index < -0.39 is 0 Å². The van der Waals surface area contributed by atoms with Crippen molar-refractivity contribution in [3.63, 3.8) is 0 Å². The first kappa shape index (κ1) is 8.44. The standard InChI is InChI=1S/C9H10N2OS/c1-4-5(2)13-6-3-7(12)11-9(10)8(4)6/h3H2,1-2H3,(H2,10,11,12). The summed E-state index contributed by atoms with van der Waals surface area (Å²) in [6.07, 6.45) is 0.428. The summed E-state index contributed by atoms with van der Waals surface area (Å²) in [6.45, 7) is 4.02. The number of nitrogens with one attached hydrogen (secondary N) is 2. The van der Waals surface area contributed by atoms with E-state index in [0.29, 0.717) is 6.42 Å². The molecule has 2 rings (SSSR count). The lowest BCUT2D eigenvalue weighted by molar-refractivity contribution is -0.119. The van der Waals surface area contributed by atoms with Crippen LogP contribution in [0.15, 0.2) is 0 Å². The van der Waals surface area contributed by atoms with Crippen molar-refractivity contribution in [3.8, 4) is 0 Å². The summed E-state index contributed by atoms with van der Waals surface area (Å²) in [5.74, 6) is 0.187. The van der Waals surface area contributed by atoms with Gasteiger partial charge >= 0.3 is 0 Å². The molecule has 0 fully saturated rings. The minimum atomic E-state index is -0.0706. The molecule has 1 aliphatic rings. The first-order chi connectivity index (χ1) is 6.09. The number of carbonyl (C=O) groups excluding carboxylic acids is 1. The lowest BCUT2D eigenvalue weighted by Gasteiger charge is -2.13. The molecule has 1 aliphatic heterocycles. The molecule has 0 aromatic carbocycles. The summed E-state index contributed by atoms with van der Waals surface area (Å²) in [5, 5.41) is 10.2. The van der Waals surface area contributed by atoms with Crippen molar-refractivity contribution in [2.24, 2.45) is 0 Å². The first-order valence-corrected chi connectivity index (χ1v) is 4.89. The average molecular weight is 194 g/mol. The second-order valence-corrected chi connectivity index (χ2v) is 4.49. The van der Waals surface area contributed by atoms with Crippen LogP contribution in [0.5, 0.6) is 0 Å². The highest BCUT2D eigenvalue weighted by molar-refractivity contribution is 7.12. The van der Waals surface area contributed by atoms with E-state index in [4.69, 9.17) is 5.41 Å². The van der Waals surface area contributed by atoms with Gasteiger partial charge in [-0.25, -0.2) is 0 Å². The molecule has 2 heterocycles. The fourth-order valence-electron chi connectivity index (χ4n) is 1.54. The molecule has 0 spiro atoms. The van der Waals surface area contributed by atoms with Crippen molar-refractivity contribution in [3.05, 3.63) is 20.9 Å². The molecule has 2 N–H and O–H groups in total. The van der Waals surface area contributed by atoms with Gasteiger partial charge in [0, 0.05) is 15.3 Å². The van der Waals surface area contributed by atoms with Crippen LogP contribution in [0.25, 0.3) is 0 Å². The Hall–Kier alpha value is -1.16. The van der Waals surface area contributed by atoms with Gasteiger partial charge in [-0.3, -0.25) is 10.2 Å². The SMILES string of the molecule is Cc1sc2c(c1C)C(=N)NC(=O)C2. The van der Waals surface area contributed by atoms with Gasteiger partial charge in [-0.2, -0.15) is 0 Å². The minimum Gasteiger partial charge on any atom is -0.310 e. The van der Waals surface area contributed by atoms with E-state index in [-0.39, 0.29) is 11.7 Å². The molecule has 1 amide bonds. The number of amides is 1. The molecule has 0 radical (unpaired) electrons. The van der Waals surface area contributed by atoms with Gasteiger partial charge in [-0.05, 0) is 19.4 Å². The summed E-state index contributed by atoms with van der Waals surface area (Å²) in [4.78, 5) is 13.3. The number of rotatable bonds is 0. The van der Waals surface area contributed by atoms with Crippen LogP contribution in [0.2, 0.25) is 0 Å². The Labute approximate surface area is 80.3 Å². The van der Waals surface area contributed by atoms with Gasteiger partial charge in [0.15, 0.2) is 0 Å². The highest BCUT2D eigenvalue weighted by atomic mass is 32.1. The minimum absolute atomic E-state index is 0.0706. The van der Waals surface area contributed by atoms with Crippen LogP contribution in [0.1, 0.15) is 20.9 Å². The van der Waals surface area contributed by atoms with E-state index in [9.17, 15) is 4.79 Å². The van der Waals surface area contributed by atoms with Crippen molar-refractivity contribution in [1.82, 2.24) is 5.32 Å². The van der Waals surface area contributed by atoms with E-state index in [1.54, 1.807) is 11.3 Å². The topological polar surface area (TPSA) is 53.0 Å². The maximum absolute atomic E-state index is 11.1. The zero-order valence-electron chi connectivity index (χ0n) is 7.52. The molecule has 0 unspecified atom stereocenters. The summed E-state index contributed by atoms with van der Waals surface area (Å²) in [6, 6.07) is 0. The summed E-state index contributed by atoms with van der Waals surface area (Å²) in [5.41, 5.74) is 2.06. The normalized spacial score (nSPS) is 15.5. The number of amidine groups is 1. The van der Waals surface area contributed by atoms with Crippen molar-refractivity contribution in [2.75, 3.05) is 0 Å². The molecule has 0 saturated heterocycles. The third kappa shape index (κ3) is 1.18. The van der Waals surface area contributed by atoms with Gasteiger partial charge in [0.05, 0.1) is 6.42 Å². The molecule has 1 aromatic rings. The Kier molecular flexibility index (Phi) is 1.73. The Morgan fingerprint density at radius 2 is 2.15 bits per heavy atom. The van der Waals surface area contributed by atoms with Crippen LogP contribution < -0.4 is 5.32 Å². The average Bonchev–Trinajstić information content (AvgIpc) is 2.27. The second kappa shape index (κ2) is 2.67. The molecule has 4 heteroatoms. The maximum atomic E-state index is 11.1. The molecule has 1 aromatic heterocycles. The first-order valence-electron chi connectivity index (χ1n) is 4.07. The van der Waals surface area contributed by atoms with Gasteiger partial charge < -0.3 is 5.32 Å². The Balaban J connectivity index is 2.62. The number of thiophene rings is 1. The van der Waals surface area contributed by atoms with E-state index in [1.165, 1.54) is 4.88 Å². The summed E-state index contributed by atoms with van der Waals surface area (Å²) < 4.78 is 0. The number of hydrogen-bond acceptors (Lipinski definition) is 3. The van der Waals surface area contributed by atoms with Crippen LogP contribution in [0.4, 0.5) is 0 Å². The summed E-state index contributed by atoms with van der Waals surface area (Å²) >= 11 is 1.62. The van der Waals surface area contributed by atoms with Gasteiger partial charge in [0.2, 0.25) is 5.91 Å². The quantitative estimate of drug-likeness (QED) is 0.643. The molecular formula is C9H10N2OS. The molecule has 0 bridgehead atoms. The van der Waals surface area contributed by atoms with Gasteiger partial charge in [0.1, 0.15) is 5.84 Å². The maximum Gasteiger partial charge on any atom is 0.230 e. The number of hydrogen-bond donors (Lipinski definition) is 2. The van der Waals surface area contributed by atoms with Crippen LogP contribution in [0.3, 0.4) is 0 Å². The zero-order chi connectivity index (χ0) is 9.59. The van der Waals surface area contributed by atoms with Crippen LogP contribution >= 0.6 is 11.3 Å². The van der Waals surface area contributed by atoms with Crippen molar-refractivity contribution in [1.29, 1.82) is 5.41 Å². The number of carbonyl (C=O) groups is 1. The zero-order valence-corrected chi connectivity index (χ0v) is 8.34. The lowest BCUT2D eigenvalue weighted by Crippen LogP contribution is -2.36. The molecule has 0 aliphatic carbocycles. The molecule has 0 saturated carbocycles. The third-order valence-corrected chi connectivity index (χ3v) is 3.50. The van der Waals surface area contributed by atoms with Gasteiger partial charge in [-0.1, -0.05) is 0 Å². The smallest absolute Gasteiger partial charge is 0.230 e. The fraction of sp³-hybridized carbons (Fsp3) is 0.333. The molecule has 13 heavy (non-hydrogen) atoms. The Morgan fingerprint density at radius 3 is 2.85 bits per heavy atom. The highest BCUT2D eigenvalue weighted by Gasteiger charge is 2.24. The predicted octanol–water partition coefficient (Wildman–Crippen LogP) is 1.36. The van der Waals surface area contributed by atoms with E-state index in [0.717, 1.165) is 16.0 Å². The van der Waals surface area contributed by atoms with Gasteiger partial charge in [0.25, 0.3) is 0 Å². The number of aryl methyl sites for hydroxylation is 1. The van der Waals surface area contributed by atoms with Crippen LogP contribution in [-0.2, 0) is 11.2 Å². The van der Waals surface area contributed by atoms with Gasteiger partial charge in [-0.15, -0.1) is 11.3 Å². The monoisotopic (exact) mass is 194 g/mol. The molecule has 0 atom stereocenters. The predicted molar refractivity (Wildman–Crippen MR) is 52.5 cm³/mol. The van der Waals surface area contributed by atoms with E-state index in [2.05, 4.69) is 5.32 Å².